The lowest BCUT2D eigenvalue weighted by Gasteiger charge is -2.16. The summed E-state index contributed by atoms with van der Waals surface area (Å²) >= 11 is 1.50. The lowest BCUT2D eigenvalue weighted by molar-refractivity contribution is 0.100. The molecule has 0 fully saturated rings. The number of aromatic nitrogens is 4. The first-order valence-electron chi connectivity index (χ1n) is 8.92. The van der Waals surface area contributed by atoms with Crippen LogP contribution in [0.1, 0.15) is 35.5 Å². The molecule has 4 rings (SSSR count). The minimum absolute atomic E-state index is 0.206. The second-order valence-electron chi connectivity index (χ2n) is 7.32. The number of carbonyl (C=O) groups is 1. The maximum absolute atomic E-state index is 12.3. The highest BCUT2D eigenvalue weighted by Crippen LogP contribution is 2.28. The Kier molecular flexibility index (Phi) is 4.41. The van der Waals surface area contributed by atoms with Crippen molar-refractivity contribution in [3.8, 4) is 11.8 Å². The largest absolute Gasteiger partial charge is 0.365 e. The Morgan fingerprint density at radius 2 is 2.14 bits per heavy atom. The van der Waals surface area contributed by atoms with Crippen LogP contribution in [0, 0.1) is 18.8 Å². The van der Waals surface area contributed by atoms with Crippen LogP contribution in [0.15, 0.2) is 23.1 Å². The number of benzene rings is 1. The number of imidazole rings is 1. The summed E-state index contributed by atoms with van der Waals surface area (Å²) in [6.45, 7) is 5.85. The summed E-state index contributed by atoms with van der Waals surface area (Å²) in [4.78, 5) is 35.3. The van der Waals surface area contributed by atoms with Crippen molar-refractivity contribution in [2.45, 2.75) is 26.3 Å². The molecule has 0 saturated carbocycles. The highest BCUT2D eigenvalue weighted by molar-refractivity contribution is 7.96. The number of hydrogen-bond donors (Lipinski definition) is 4. The first kappa shape index (κ1) is 19.1. The van der Waals surface area contributed by atoms with Crippen LogP contribution in [0.2, 0.25) is 0 Å². The SMILES string of the molecule is CSNC(C)(C)C#Cc1c[nH]c2c(C(N)=O)c3nc4c(=O)ccc(C)c4n3c2[nH]1. The number of nitrogens with two attached hydrogens (primary N) is 1. The van der Waals surface area contributed by atoms with E-state index in [4.69, 9.17) is 5.73 Å². The summed E-state index contributed by atoms with van der Waals surface area (Å²) in [6.07, 6.45) is 3.63. The molecular formula is C20H20N6O2S. The van der Waals surface area contributed by atoms with Gasteiger partial charge in [-0.25, -0.2) is 9.71 Å². The van der Waals surface area contributed by atoms with Crippen LogP contribution in [0.4, 0.5) is 0 Å². The summed E-state index contributed by atoms with van der Waals surface area (Å²) in [6, 6.07) is 3.22. The molecule has 0 aliphatic carbocycles. The molecule has 0 aliphatic heterocycles. The number of H-pyrrole nitrogens is 2. The second-order valence-corrected chi connectivity index (χ2v) is 7.93. The Bertz CT molecular complexity index is 1410. The van der Waals surface area contributed by atoms with Crippen LogP contribution in [-0.2, 0) is 0 Å². The third kappa shape index (κ3) is 3.06. The predicted octanol–water partition coefficient (Wildman–Crippen LogP) is 2.06. The van der Waals surface area contributed by atoms with Crippen molar-refractivity contribution in [1.82, 2.24) is 24.1 Å². The molecule has 3 heterocycles. The fourth-order valence-electron chi connectivity index (χ4n) is 3.41. The van der Waals surface area contributed by atoms with Crippen molar-refractivity contribution in [3.63, 3.8) is 0 Å². The normalized spacial score (nSPS) is 11.9. The molecule has 0 radical (unpaired) electrons. The number of aryl methyl sites for hydroxylation is 1. The maximum Gasteiger partial charge on any atom is 0.254 e. The number of rotatable bonds is 3. The molecule has 148 valence electrons. The molecule has 3 aromatic heterocycles. The van der Waals surface area contributed by atoms with Gasteiger partial charge in [-0.15, -0.1) is 0 Å². The Balaban J connectivity index is 2.07. The molecule has 1 amide bonds. The van der Waals surface area contributed by atoms with Crippen molar-refractivity contribution in [2.75, 3.05) is 6.26 Å². The van der Waals surface area contributed by atoms with Gasteiger partial charge in [0.05, 0.1) is 16.6 Å². The fraction of sp³-hybridized carbons (Fsp3) is 0.250. The molecule has 4 aromatic rings. The number of hydrogen-bond acceptors (Lipinski definition) is 5. The van der Waals surface area contributed by atoms with Crippen molar-refractivity contribution in [2.24, 2.45) is 5.73 Å². The molecular weight excluding hydrogens is 388 g/mol. The molecule has 9 heteroatoms. The van der Waals surface area contributed by atoms with Crippen LogP contribution in [0.5, 0.6) is 0 Å². The van der Waals surface area contributed by atoms with E-state index in [-0.39, 0.29) is 11.0 Å². The van der Waals surface area contributed by atoms with Gasteiger partial charge in [0.15, 0.2) is 5.65 Å². The van der Waals surface area contributed by atoms with Gasteiger partial charge in [-0.3, -0.25) is 14.0 Å². The Morgan fingerprint density at radius 3 is 2.83 bits per heavy atom. The number of primary amides is 1. The van der Waals surface area contributed by atoms with E-state index in [0.29, 0.717) is 33.5 Å². The highest BCUT2D eigenvalue weighted by Gasteiger charge is 2.23. The van der Waals surface area contributed by atoms with E-state index in [0.717, 1.165) is 5.56 Å². The smallest absolute Gasteiger partial charge is 0.254 e. The average molecular weight is 408 g/mol. The number of nitrogens with one attached hydrogen (secondary N) is 3. The minimum Gasteiger partial charge on any atom is -0.365 e. The Morgan fingerprint density at radius 1 is 1.38 bits per heavy atom. The van der Waals surface area contributed by atoms with Crippen molar-refractivity contribution in [3.05, 3.63) is 45.4 Å². The predicted molar refractivity (Wildman–Crippen MR) is 116 cm³/mol. The molecule has 0 saturated heterocycles. The van der Waals surface area contributed by atoms with Gasteiger partial charge in [-0.2, -0.15) is 0 Å². The standard InChI is InChI=1S/C20H20N6O2S/c1-10-5-6-12(27)14-16(10)26-18(24-14)13(17(21)28)15-19(26)23-11(9-22-15)7-8-20(2,3)25-29-4/h5-6,9,22-23,25H,1-4H3,(H2,21,28). The number of fused-ring (bicyclic) bond motifs is 5. The van der Waals surface area contributed by atoms with Gasteiger partial charge in [0.2, 0.25) is 5.43 Å². The van der Waals surface area contributed by atoms with Crippen LogP contribution in [-0.4, -0.2) is 37.1 Å². The molecule has 0 atom stereocenters. The lowest BCUT2D eigenvalue weighted by atomic mass is 10.1. The molecule has 8 nitrogen and oxygen atoms in total. The summed E-state index contributed by atoms with van der Waals surface area (Å²) in [7, 11) is 0. The van der Waals surface area contributed by atoms with Crippen LogP contribution < -0.4 is 15.9 Å². The number of amides is 1. The van der Waals surface area contributed by atoms with Gasteiger partial charge < -0.3 is 15.7 Å². The topological polar surface area (TPSA) is 121 Å². The van der Waals surface area contributed by atoms with E-state index >= 15 is 0 Å². The first-order valence-corrected chi connectivity index (χ1v) is 10.1. The van der Waals surface area contributed by atoms with E-state index in [1.807, 2.05) is 27.0 Å². The molecule has 1 aromatic carbocycles. The van der Waals surface area contributed by atoms with Crippen molar-refractivity contribution < 1.29 is 4.79 Å². The van der Waals surface area contributed by atoms with Gasteiger partial charge in [0.25, 0.3) is 5.91 Å². The van der Waals surface area contributed by atoms with E-state index in [1.165, 1.54) is 18.0 Å². The van der Waals surface area contributed by atoms with Gasteiger partial charge in [-0.1, -0.05) is 23.9 Å². The zero-order chi connectivity index (χ0) is 20.9. The zero-order valence-electron chi connectivity index (χ0n) is 16.4. The second kappa shape index (κ2) is 6.69. The van der Waals surface area contributed by atoms with Crippen LogP contribution in [0.3, 0.4) is 0 Å². The van der Waals surface area contributed by atoms with Crippen LogP contribution >= 0.6 is 11.9 Å². The fourth-order valence-corrected chi connectivity index (χ4v) is 3.97. The Hall–Kier alpha value is -3.22. The van der Waals surface area contributed by atoms with E-state index in [9.17, 15) is 9.59 Å². The van der Waals surface area contributed by atoms with Gasteiger partial charge in [0.1, 0.15) is 22.4 Å². The molecule has 0 spiro atoms. The van der Waals surface area contributed by atoms with Gasteiger partial charge in [-0.05, 0) is 44.6 Å². The maximum atomic E-state index is 12.3. The summed E-state index contributed by atoms with van der Waals surface area (Å²) in [5.41, 5.74) is 9.14. The molecule has 0 unspecified atom stereocenters. The van der Waals surface area contributed by atoms with E-state index in [1.54, 1.807) is 16.7 Å². The average Bonchev–Trinajstić information content (AvgIpc) is 3.18. The third-order valence-electron chi connectivity index (χ3n) is 4.63. The van der Waals surface area contributed by atoms with Gasteiger partial charge >= 0.3 is 0 Å². The molecule has 29 heavy (non-hydrogen) atoms. The van der Waals surface area contributed by atoms with Crippen molar-refractivity contribution in [1.29, 1.82) is 0 Å². The monoisotopic (exact) mass is 408 g/mol. The van der Waals surface area contributed by atoms with Crippen molar-refractivity contribution >= 4 is 45.7 Å². The van der Waals surface area contributed by atoms with E-state index < -0.39 is 11.4 Å². The van der Waals surface area contributed by atoms with Gasteiger partial charge in [0, 0.05) is 6.20 Å². The molecule has 0 bridgehead atoms. The Labute approximate surface area is 170 Å². The lowest BCUT2D eigenvalue weighted by Crippen LogP contribution is -2.32. The summed E-state index contributed by atoms with van der Waals surface area (Å²) in [5.74, 6) is 5.65. The van der Waals surface area contributed by atoms with E-state index in [2.05, 4.69) is 31.5 Å². The minimum atomic E-state index is -0.626. The zero-order valence-corrected chi connectivity index (χ0v) is 17.2. The molecule has 0 aliphatic rings. The number of nitrogens with zero attached hydrogens (tertiary/aromatic N) is 2. The summed E-state index contributed by atoms with van der Waals surface area (Å²) in [5, 5.41) is 0. The highest BCUT2D eigenvalue weighted by atomic mass is 32.2. The first-order chi connectivity index (χ1) is 13.7. The molecule has 5 N–H and O–H groups in total. The number of carbonyl (C=O) groups excluding carboxylic acids is 1. The quantitative estimate of drug-likeness (QED) is 0.305. The summed E-state index contributed by atoms with van der Waals surface area (Å²) < 4.78 is 4.98. The number of aromatic amines is 2. The van der Waals surface area contributed by atoms with Crippen LogP contribution in [0.25, 0.3) is 27.8 Å². The third-order valence-corrected chi connectivity index (χ3v) is 5.34.